The average Bonchev–Trinajstić information content (AvgIpc) is 2.52. The molecule has 0 aliphatic heterocycles. The van der Waals surface area contributed by atoms with Gasteiger partial charge in [0.2, 0.25) is 5.75 Å². The molecule has 0 radical (unpaired) electrons. The summed E-state index contributed by atoms with van der Waals surface area (Å²) in [5.41, 5.74) is 0.966. The molecule has 0 atom stereocenters. The maximum atomic E-state index is 5.31. The summed E-state index contributed by atoms with van der Waals surface area (Å²) in [7, 11) is 6.53. The second-order valence-corrected chi connectivity index (χ2v) is 3.99. The van der Waals surface area contributed by atoms with Crippen molar-refractivity contribution in [2.24, 2.45) is 4.99 Å². The Balaban J connectivity index is 2.88. The Bertz CT molecular complexity index is 532. The molecule has 21 heavy (non-hydrogen) atoms. The third kappa shape index (κ3) is 5.18. The van der Waals surface area contributed by atoms with Gasteiger partial charge in [-0.2, -0.15) is 0 Å². The maximum Gasteiger partial charge on any atom is 0.203 e. The Morgan fingerprint density at radius 1 is 0.810 bits per heavy atom. The number of nitrogens with zero attached hydrogens (tertiary/aromatic N) is 1. The van der Waals surface area contributed by atoms with E-state index in [4.69, 9.17) is 14.2 Å². The van der Waals surface area contributed by atoms with Crippen LogP contribution >= 0.6 is 0 Å². The first-order chi connectivity index (χ1) is 10.3. The molecular weight excluding hydrogens is 266 g/mol. The summed E-state index contributed by atoms with van der Waals surface area (Å²) < 4.78 is 15.9. The summed E-state index contributed by atoms with van der Waals surface area (Å²) in [5.74, 6) is 1.87. The van der Waals surface area contributed by atoms with E-state index in [1.165, 1.54) is 0 Å². The highest BCUT2D eigenvalue weighted by molar-refractivity contribution is 5.71. The van der Waals surface area contributed by atoms with Gasteiger partial charge < -0.3 is 14.2 Å². The van der Waals surface area contributed by atoms with E-state index in [9.17, 15) is 0 Å². The van der Waals surface area contributed by atoms with Crippen LogP contribution in [0.5, 0.6) is 17.2 Å². The van der Waals surface area contributed by atoms with Crippen LogP contribution in [0.2, 0.25) is 0 Å². The molecule has 1 aromatic carbocycles. The number of hydrogen-bond acceptors (Lipinski definition) is 4. The minimum Gasteiger partial charge on any atom is -0.493 e. The number of benzene rings is 1. The number of rotatable bonds is 7. The van der Waals surface area contributed by atoms with Crippen LogP contribution in [-0.4, -0.2) is 34.6 Å². The number of allylic oxidation sites excluding steroid dienone is 5. The van der Waals surface area contributed by atoms with Crippen LogP contribution in [0.1, 0.15) is 5.56 Å². The maximum absolute atomic E-state index is 5.31. The third-order valence-corrected chi connectivity index (χ3v) is 2.66. The molecular formula is C17H21NO3. The molecule has 4 heteroatoms. The molecule has 0 bridgehead atoms. The minimum atomic E-state index is 0.592. The molecule has 0 fully saturated rings. The SMILES string of the molecule is CN=C\C=C/C=C/C=C/c1cc(OC)c(OC)c(OC)c1. The Kier molecular flexibility index (Phi) is 7.43. The summed E-state index contributed by atoms with van der Waals surface area (Å²) in [4.78, 5) is 3.85. The monoisotopic (exact) mass is 287 g/mol. The van der Waals surface area contributed by atoms with E-state index in [0.717, 1.165) is 5.56 Å². The first-order valence-electron chi connectivity index (χ1n) is 6.49. The van der Waals surface area contributed by atoms with Crippen LogP contribution in [0, 0.1) is 0 Å². The number of hydrogen-bond donors (Lipinski definition) is 0. The predicted molar refractivity (Wildman–Crippen MR) is 87.8 cm³/mol. The van der Waals surface area contributed by atoms with Gasteiger partial charge in [0.25, 0.3) is 0 Å². The van der Waals surface area contributed by atoms with Gasteiger partial charge in [-0.3, -0.25) is 4.99 Å². The van der Waals surface area contributed by atoms with E-state index in [2.05, 4.69) is 4.99 Å². The molecule has 0 aliphatic rings. The number of ether oxygens (including phenoxy) is 3. The molecule has 4 nitrogen and oxygen atoms in total. The fourth-order valence-electron chi connectivity index (χ4n) is 1.69. The van der Waals surface area contributed by atoms with Gasteiger partial charge in [0.15, 0.2) is 11.5 Å². The van der Waals surface area contributed by atoms with Crippen LogP contribution in [0.15, 0.2) is 47.5 Å². The summed E-state index contributed by atoms with van der Waals surface area (Å²) in [6.07, 6.45) is 13.3. The summed E-state index contributed by atoms with van der Waals surface area (Å²) >= 11 is 0. The van der Waals surface area contributed by atoms with Gasteiger partial charge in [-0.25, -0.2) is 0 Å². The number of methoxy groups -OCH3 is 3. The zero-order valence-electron chi connectivity index (χ0n) is 12.9. The highest BCUT2D eigenvalue weighted by Crippen LogP contribution is 2.38. The van der Waals surface area contributed by atoms with E-state index in [1.54, 1.807) is 34.6 Å². The van der Waals surface area contributed by atoms with Gasteiger partial charge in [0, 0.05) is 13.3 Å². The highest BCUT2D eigenvalue weighted by atomic mass is 16.5. The van der Waals surface area contributed by atoms with Gasteiger partial charge >= 0.3 is 0 Å². The van der Waals surface area contributed by atoms with E-state index in [0.29, 0.717) is 17.2 Å². The Hall–Kier alpha value is -2.49. The zero-order chi connectivity index (χ0) is 15.5. The molecule has 1 aromatic rings. The molecule has 0 amide bonds. The molecule has 0 heterocycles. The molecule has 0 spiro atoms. The van der Waals surface area contributed by atoms with E-state index < -0.39 is 0 Å². The molecule has 0 aromatic heterocycles. The van der Waals surface area contributed by atoms with Crippen LogP contribution in [0.4, 0.5) is 0 Å². The first kappa shape index (κ1) is 16.6. The lowest BCUT2D eigenvalue weighted by Gasteiger charge is -2.12. The van der Waals surface area contributed by atoms with Crippen LogP contribution in [0.25, 0.3) is 6.08 Å². The van der Waals surface area contributed by atoms with Crippen molar-refractivity contribution >= 4 is 12.3 Å². The minimum absolute atomic E-state index is 0.592. The Morgan fingerprint density at radius 2 is 1.38 bits per heavy atom. The normalized spacial score (nSPS) is 12.0. The lowest BCUT2D eigenvalue weighted by atomic mass is 10.1. The second kappa shape index (κ2) is 9.42. The molecule has 1 rings (SSSR count). The predicted octanol–water partition coefficient (Wildman–Crippen LogP) is 3.54. The second-order valence-electron chi connectivity index (χ2n) is 3.99. The zero-order valence-corrected chi connectivity index (χ0v) is 12.9. The van der Waals surface area contributed by atoms with Gasteiger partial charge in [-0.1, -0.05) is 30.4 Å². The molecule has 0 aliphatic carbocycles. The smallest absolute Gasteiger partial charge is 0.203 e. The molecule has 0 unspecified atom stereocenters. The van der Waals surface area contributed by atoms with Crippen molar-refractivity contribution in [2.45, 2.75) is 0 Å². The van der Waals surface area contributed by atoms with Gasteiger partial charge in [0.05, 0.1) is 21.3 Å². The van der Waals surface area contributed by atoms with E-state index >= 15 is 0 Å². The Labute approximate surface area is 126 Å². The van der Waals surface area contributed by atoms with Crippen molar-refractivity contribution in [3.8, 4) is 17.2 Å². The lowest BCUT2D eigenvalue weighted by Crippen LogP contribution is -1.95. The largest absolute Gasteiger partial charge is 0.493 e. The summed E-state index contributed by atoms with van der Waals surface area (Å²) in [5, 5.41) is 0. The highest BCUT2D eigenvalue weighted by Gasteiger charge is 2.11. The quantitative estimate of drug-likeness (QED) is 0.569. The topological polar surface area (TPSA) is 40.0 Å². The van der Waals surface area contributed by atoms with Gasteiger partial charge in [0.1, 0.15) is 0 Å². The lowest BCUT2D eigenvalue weighted by molar-refractivity contribution is 0.324. The van der Waals surface area contributed by atoms with E-state index in [-0.39, 0.29) is 0 Å². The van der Waals surface area contributed by atoms with Crippen molar-refractivity contribution in [3.05, 3.63) is 48.1 Å². The van der Waals surface area contributed by atoms with Crippen LogP contribution in [-0.2, 0) is 0 Å². The number of aliphatic imine (C=N–C) groups is 1. The molecule has 0 N–H and O–H groups in total. The standard InChI is InChI=1S/C17H21NO3/c1-18-11-9-7-5-6-8-10-14-12-15(19-2)17(21-4)16(13-14)20-3/h5-13H,1-4H3/b6-5+,9-7-,10-8+,18-11?. The van der Waals surface area contributed by atoms with Crippen molar-refractivity contribution in [2.75, 3.05) is 28.4 Å². The fourth-order valence-corrected chi connectivity index (χ4v) is 1.69. The first-order valence-corrected chi connectivity index (χ1v) is 6.49. The van der Waals surface area contributed by atoms with Crippen LogP contribution in [0.3, 0.4) is 0 Å². The van der Waals surface area contributed by atoms with Gasteiger partial charge in [-0.05, 0) is 23.8 Å². The Morgan fingerprint density at radius 3 is 1.90 bits per heavy atom. The van der Waals surface area contributed by atoms with Crippen LogP contribution < -0.4 is 14.2 Å². The van der Waals surface area contributed by atoms with Gasteiger partial charge in [-0.15, -0.1) is 0 Å². The van der Waals surface area contributed by atoms with Crippen molar-refractivity contribution in [1.29, 1.82) is 0 Å². The average molecular weight is 287 g/mol. The van der Waals surface area contributed by atoms with Crippen molar-refractivity contribution in [3.63, 3.8) is 0 Å². The van der Waals surface area contributed by atoms with Crippen molar-refractivity contribution < 1.29 is 14.2 Å². The summed E-state index contributed by atoms with van der Waals surface area (Å²) in [6.45, 7) is 0. The molecule has 0 saturated carbocycles. The van der Waals surface area contributed by atoms with Crippen molar-refractivity contribution in [1.82, 2.24) is 0 Å². The van der Waals surface area contributed by atoms with E-state index in [1.807, 2.05) is 48.6 Å². The fraction of sp³-hybridized carbons (Fsp3) is 0.235. The molecule has 112 valence electrons. The summed E-state index contributed by atoms with van der Waals surface area (Å²) in [6, 6.07) is 3.79. The third-order valence-electron chi connectivity index (χ3n) is 2.66. The molecule has 0 saturated heterocycles.